The molecule has 37 heavy (non-hydrogen) atoms. The standard InChI is InChI=1S/C26H26F2N8O/c1-15-12-34(23-3-2-17(10-29)36-26(23)21(28)11-31-36)13-24-19-8-20(27)18(9-22(19)32-35(15)24)16-4-6-33(7-5-16)14-25(30)37/h2-3,8-9,11,15-16H,4-7,12-14H2,1H3,(H2,30,37)/t15-/m1/s1. The van der Waals surface area contributed by atoms with E-state index in [1.807, 2.05) is 33.5 Å². The average molecular weight is 505 g/mol. The number of anilines is 1. The van der Waals surface area contributed by atoms with Crippen LogP contribution in [0.5, 0.6) is 0 Å². The molecule has 1 atom stereocenters. The fourth-order valence-electron chi connectivity index (χ4n) is 5.86. The molecule has 2 N–H and O–H groups in total. The summed E-state index contributed by atoms with van der Waals surface area (Å²) in [6.45, 7) is 4.63. The molecule has 2 aliphatic rings. The van der Waals surface area contributed by atoms with Gasteiger partial charge in [-0.2, -0.15) is 15.5 Å². The third-order valence-corrected chi connectivity index (χ3v) is 7.62. The number of likely N-dealkylation sites (tertiary alicyclic amines) is 1. The SMILES string of the molecule is C[C@@H]1CN(c2ccc(C#N)n3ncc(F)c23)Cc2c3cc(F)c(C4CCN(CC(N)=O)CC4)cc3nn21. The summed E-state index contributed by atoms with van der Waals surface area (Å²) in [5.41, 5.74) is 8.69. The summed E-state index contributed by atoms with van der Waals surface area (Å²) in [6.07, 6.45) is 2.61. The largest absolute Gasteiger partial charge is 0.369 e. The number of nitrogens with two attached hydrogens (primary N) is 1. The summed E-state index contributed by atoms with van der Waals surface area (Å²) in [7, 11) is 0. The zero-order chi connectivity index (χ0) is 25.8. The van der Waals surface area contributed by atoms with E-state index in [-0.39, 0.29) is 41.4 Å². The van der Waals surface area contributed by atoms with Crippen LogP contribution in [0.4, 0.5) is 14.5 Å². The maximum atomic E-state index is 15.4. The van der Waals surface area contributed by atoms with Gasteiger partial charge in [-0.1, -0.05) is 0 Å². The Morgan fingerprint density at radius 3 is 2.73 bits per heavy atom. The predicted molar refractivity (Wildman–Crippen MR) is 133 cm³/mol. The van der Waals surface area contributed by atoms with Crippen molar-refractivity contribution in [3.8, 4) is 6.07 Å². The topological polar surface area (TPSA) is 108 Å². The van der Waals surface area contributed by atoms with Crippen molar-refractivity contribution in [2.75, 3.05) is 31.1 Å². The molecule has 0 unspecified atom stereocenters. The van der Waals surface area contributed by atoms with Gasteiger partial charge in [0.15, 0.2) is 5.82 Å². The third kappa shape index (κ3) is 3.88. The van der Waals surface area contributed by atoms with Crippen molar-refractivity contribution in [2.45, 2.75) is 38.3 Å². The Balaban J connectivity index is 1.33. The fourth-order valence-corrected chi connectivity index (χ4v) is 5.86. The molecule has 6 rings (SSSR count). The Hall–Kier alpha value is -4.04. The molecule has 5 heterocycles. The number of rotatable bonds is 4. The zero-order valence-corrected chi connectivity index (χ0v) is 20.4. The lowest BCUT2D eigenvalue weighted by Gasteiger charge is -2.34. The van der Waals surface area contributed by atoms with Gasteiger partial charge in [0.25, 0.3) is 0 Å². The normalized spacial score (nSPS) is 18.9. The lowest BCUT2D eigenvalue weighted by atomic mass is 9.88. The van der Waals surface area contributed by atoms with E-state index >= 15 is 4.39 Å². The van der Waals surface area contributed by atoms with Crippen molar-refractivity contribution >= 4 is 28.0 Å². The number of amides is 1. The van der Waals surface area contributed by atoms with Crippen LogP contribution in [0.1, 0.15) is 48.7 Å². The van der Waals surface area contributed by atoms with Crippen molar-refractivity contribution in [3.05, 3.63) is 59.0 Å². The molecule has 0 spiro atoms. The highest BCUT2D eigenvalue weighted by atomic mass is 19.1. The molecular formula is C26H26F2N8O. The van der Waals surface area contributed by atoms with Gasteiger partial charge in [-0.15, -0.1) is 0 Å². The number of primary amides is 1. The molecule has 1 fully saturated rings. The number of halogens is 2. The average Bonchev–Trinajstić information content (AvgIpc) is 3.44. The van der Waals surface area contributed by atoms with E-state index in [1.54, 1.807) is 18.2 Å². The van der Waals surface area contributed by atoms with Gasteiger partial charge in [-0.25, -0.2) is 13.3 Å². The number of hydrogen-bond donors (Lipinski definition) is 1. The summed E-state index contributed by atoms with van der Waals surface area (Å²) < 4.78 is 33.4. The number of pyridine rings is 1. The van der Waals surface area contributed by atoms with Crippen LogP contribution in [0, 0.1) is 23.0 Å². The first-order valence-electron chi connectivity index (χ1n) is 12.4. The van der Waals surface area contributed by atoms with Gasteiger partial charge in [0.05, 0.1) is 42.2 Å². The molecule has 9 nitrogen and oxygen atoms in total. The Morgan fingerprint density at radius 2 is 2.00 bits per heavy atom. The van der Waals surface area contributed by atoms with Gasteiger partial charge < -0.3 is 10.6 Å². The molecule has 190 valence electrons. The van der Waals surface area contributed by atoms with Crippen LogP contribution in [0.2, 0.25) is 0 Å². The van der Waals surface area contributed by atoms with E-state index in [0.717, 1.165) is 35.6 Å². The molecule has 0 aliphatic carbocycles. The lowest BCUT2D eigenvalue weighted by Crippen LogP contribution is -2.39. The first-order valence-corrected chi connectivity index (χ1v) is 12.4. The molecule has 2 aliphatic heterocycles. The van der Waals surface area contributed by atoms with E-state index < -0.39 is 5.82 Å². The molecular weight excluding hydrogens is 478 g/mol. The summed E-state index contributed by atoms with van der Waals surface area (Å²) in [5, 5.41) is 19.0. The second-order valence-electron chi connectivity index (χ2n) is 10.00. The Labute approximate surface area is 211 Å². The highest BCUT2D eigenvalue weighted by Crippen LogP contribution is 2.37. The Morgan fingerprint density at radius 1 is 1.22 bits per heavy atom. The number of carbonyl (C=O) groups excluding carboxylic acids is 1. The first kappa shape index (κ1) is 23.4. The van der Waals surface area contributed by atoms with Crippen molar-refractivity contribution in [1.82, 2.24) is 24.3 Å². The third-order valence-electron chi connectivity index (χ3n) is 7.62. The molecule has 1 aromatic carbocycles. The van der Waals surface area contributed by atoms with Crippen molar-refractivity contribution in [2.24, 2.45) is 5.73 Å². The van der Waals surface area contributed by atoms with Crippen LogP contribution in [0.3, 0.4) is 0 Å². The predicted octanol–water partition coefficient (Wildman–Crippen LogP) is 3.08. The molecule has 0 radical (unpaired) electrons. The van der Waals surface area contributed by atoms with Crippen molar-refractivity contribution < 1.29 is 13.6 Å². The van der Waals surface area contributed by atoms with Gasteiger partial charge >= 0.3 is 0 Å². The number of nitrogens with zero attached hydrogens (tertiary/aromatic N) is 7. The zero-order valence-electron chi connectivity index (χ0n) is 20.4. The monoisotopic (exact) mass is 504 g/mol. The van der Waals surface area contributed by atoms with Gasteiger partial charge in [0, 0.05) is 11.9 Å². The Kier molecular flexibility index (Phi) is 5.56. The van der Waals surface area contributed by atoms with E-state index in [9.17, 15) is 14.4 Å². The van der Waals surface area contributed by atoms with Crippen LogP contribution in [0.15, 0.2) is 30.5 Å². The van der Waals surface area contributed by atoms with Gasteiger partial charge in [-0.3, -0.25) is 14.4 Å². The van der Waals surface area contributed by atoms with E-state index in [1.165, 1.54) is 4.52 Å². The number of aromatic nitrogens is 4. The Bertz CT molecular complexity index is 1580. The molecule has 1 saturated heterocycles. The highest BCUT2D eigenvalue weighted by molar-refractivity contribution is 5.84. The van der Waals surface area contributed by atoms with Crippen LogP contribution in [-0.4, -0.2) is 56.4 Å². The minimum atomic E-state index is -0.499. The summed E-state index contributed by atoms with van der Waals surface area (Å²) in [6, 6.07) is 8.80. The van der Waals surface area contributed by atoms with Crippen molar-refractivity contribution in [3.63, 3.8) is 0 Å². The minimum Gasteiger partial charge on any atom is -0.369 e. The number of hydrogen-bond acceptors (Lipinski definition) is 6. The van der Waals surface area contributed by atoms with Crippen LogP contribution in [0.25, 0.3) is 16.4 Å². The van der Waals surface area contributed by atoms with Crippen LogP contribution in [-0.2, 0) is 11.3 Å². The summed E-state index contributed by atoms with van der Waals surface area (Å²) in [5.74, 6) is -1.06. The summed E-state index contributed by atoms with van der Waals surface area (Å²) >= 11 is 0. The van der Waals surface area contributed by atoms with Crippen LogP contribution >= 0.6 is 0 Å². The molecule has 11 heteroatoms. The highest BCUT2D eigenvalue weighted by Gasteiger charge is 2.30. The van der Waals surface area contributed by atoms with Gasteiger partial charge in [0.1, 0.15) is 23.1 Å². The van der Waals surface area contributed by atoms with E-state index in [4.69, 9.17) is 10.8 Å². The number of piperidine rings is 1. The minimum absolute atomic E-state index is 0.0404. The van der Waals surface area contributed by atoms with Gasteiger partial charge in [-0.05, 0) is 68.6 Å². The lowest BCUT2D eigenvalue weighted by molar-refractivity contribution is -0.119. The molecule has 0 bridgehead atoms. The quantitative estimate of drug-likeness (QED) is 0.458. The number of benzene rings is 1. The summed E-state index contributed by atoms with van der Waals surface area (Å²) in [4.78, 5) is 15.3. The second kappa shape index (κ2) is 8.81. The maximum absolute atomic E-state index is 15.4. The number of carbonyl (C=O) groups is 1. The second-order valence-corrected chi connectivity index (χ2v) is 10.00. The van der Waals surface area contributed by atoms with Crippen LogP contribution < -0.4 is 10.6 Å². The molecule has 0 saturated carbocycles. The molecule has 1 amide bonds. The van der Waals surface area contributed by atoms with E-state index in [0.29, 0.717) is 37.4 Å². The molecule has 4 aromatic rings. The maximum Gasteiger partial charge on any atom is 0.231 e. The molecule has 3 aromatic heterocycles. The number of fused-ring (bicyclic) bond motifs is 4. The van der Waals surface area contributed by atoms with Crippen molar-refractivity contribution in [1.29, 1.82) is 5.26 Å². The fraction of sp³-hybridized carbons (Fsp3) is 0.385. The smallest absolute Gasteiger partial charge is 0.231 e. The number of nitriles is 1. The first-order chi connectivity index (χ1) is 17.8. The van der Waals surface area contributed by atoms with E-state index in [2.05, 4.69) is 5.10 Å². The van der Waals surface area contributed by atoms with Gasteiger partial charge in [0.2, 0.25) is 5.91 Å².